The van der Waals surface area contributed by atoms with Gasteiger partial charge in [-0.15, -0.1) is 0 Å². The molecule has 0 saturated heterocycles. The van der Waals surface area contributed by atoms with Crippen LogP contribution in [0.2, 0.25) is 0 Å². The first-order valence-electron chi connectivity index (χ1n) is 6.75. The lowest BCUT2D eigenvalue weighted by atomic mass is 10.0. The minimum atomic E-state index is -0.163. The Morgan fingerprint density at radius 2 is 2.06 bits per heavy atom. The van der Waals surface area contributed by atoms with Gasteiger partial charge in [0.2, 0.25) is 0 Å². The van der Waals surface area contributed by atoms with Crippen molar-refractivity contribution in [3.63, 3.8) is 0 Å². The fourth-order valence-corrected chi connectivity index (χ4v) is 2.28. The summed E-state index contributed by atoms with van der Waals surface area (Å²) >= 11 is 0. The van der Waals surface area contributed by atoms with Gasteiger partial charge in [0.05, 0.1) is 0 Å². The molecule has 0 aliphatic carbocycles. The van der Waals surface area contributed by atoms with Crippen LogP contribution in [0.25, 0.3) is 0 Å². The van der Waals surface area contributed by atoms with E-state index in [4.69, 9.17) is 0 Å². The lowest BCUT2D eigenvalue weighted by Crippen LogP contribution is -2.33. The summed E-state index contributed by atoms with van der Waals surface area (Å²) in [6.45, 7) is 8.67. The Bertz CT molecular complexity index is 352. The summed E-state index contributed by atoms with van der Waals surface area (Å²) in [7, 11) is 1.93. The number of nitrogens with one attached hydrogen (secondary N) is 1. The molecule has 102 valence electrons. The third-order valence-corrected chi connectivity index (χ3v) is 3.44. The number of benzene rings is 1. The molecule has 3 heteroatoms. The molecule has 0 fully saturated rings. The summed E-state index contributed by atoms with van der Waals surface area (Å²) in [5, 5.41) is 3.27. The molecule has 1 rings (SSSR count). The molecule has 0 heterocycles. The van der Waals surface area contributed by atoms with Crippen molar-refractivity contribution in [2.45, 2.75) is 39.3 Å². The molecule has 0 amide bonds. The zero-order valence-corrected chi connectivity index (χ0v) is 11.9. The fourth-order valence-electron chi connectivity index (χ4n) is 2.28. The highest BCUT2D eigenvalue weighted by molar-refractivity contribution is 5.20. The minimum Gasteiger partial charge on any atom is -0.313 e. The molecule has 0 radical (unpaired) electrons. The summed E-state index contributed by atoms with van der Waals surface area (Å²) in [4.78, 5) is 2.42. The van der Waals surface area contributed by atoms with Crippen molar-refractivity contribution in [3.05, 3.63) is 35.6 Å². The third kappa shape index (κ3) is 4.39. The second-order valence-electron chi connectivity index (χ2n) is 4.91. The van der Waals surface area contributed by atoms with E-state index in [-0.39, 0.29) is 11.9 Å². The zero-order valence-electron chi connectivity index (χ0n) is 11.9. The molecule has 1 N–H and O–H groups in total. The highest BCUT2D eigenvalue weighted by atomic mass is 19.1. The van der Waals surface area contributed by atoms with Gasteiger partial charge < -0.3 is 10.2 Å². The second kappa shape index (κ2) is 7.49. The molecule has 0 aliphatic rings. The molecule has 0 spiro atoms. The van der Waals surface area contributed by atoms with Crippen LogP contribution in [-0.4, -0.2) is 31.1 Å². The maximum atomic E-state index is 13.2. The van der Waals surface area contributed by atoms with Crippen molar-refractivity contribution in [1.29, 1.82) is 0 Å². The summed E-state index contributed by atoms with van der Waals surface area (Å²) in [5.41, 5.74) is 1.03. The van der Waals surface area contributed by atoms with Gasteiger partial charge in [-0.3, -0.25) is 0 Å². The molecular weight excluding hydrogens is 227 g/mol. The van der Waals surface area contributed by atoms with Crippen LogP contribution in [0.15, 0.2) is 24.3 Å². The van der Waals surface area contributed by atoms with E-state index in [0.29, 0.717) is 6.04 Å². The van der Waals surface area contributed by atoms with Gasteiger partial charge >= 0.3 is 0 Å². The van der Waals surface area contributed by atoms with Crippen molar-refractivity contribution in [1.82, 2.24) is 10.2 Å². The van der Waals surface area contributed by atoms with Gasteiger partial charge in [-0.2, -0.15) is 0 Å². The van der Waals surface area contributed by atoms with E-state index in [2.05, 4.69) is 31.0 Å². The Morgan fingerprint density at radius 1 is 1.33 bits per heavy atom. The Kier molecular flexibility index (Phi) is 6.30. The Balaban J connectivity index is 2.62. The molecule has 0 saturated carbocycles. The lowest BCUT2D eigenvalue weighted by Gasteiger charge is -2.27. The van der Waals surface area contributed by atoms with Gasteiger partial charge in [0.1, 0.15) is 5.82 Å². The van der Waals surface area contributed by atoms with Crippen LogP contribution < -0.4 is 5.32 Å². The summed E-state index contributed by atoms with van der Waals surface area (Å²) in [6, 6.07) is 7.63. The number of halogens is 1. The van der Waals surface area contributed by atoms with Gasteiger partial charge in [-0.25, -0.2) is 4.39 Å². The Morgan fingerprint density at radius 3 is 2.56 bits per heavy atom. The molecule has 0 aliphatic heterocycles. The van der Waals surface area contributed by atoms with E-state index in [1.165, 1.54) is 6.07 Å². The van der Waals surface area contributed by atoms with Crippen LogP contribution in [0.5, 0.6) is 0 Å². The van der Waals surface area contributed by atoms with Crippen LogP contribution in [0.1, 0.15) is 38.8 Å². The highest BCUT2D eigenvalue weighted by Gasteiger charge is 2.13. The standard InChI is InChI=1S/C15H25FN2/c1-5-18(12(2)3)10-9-15(17-4)13-7-6-8-14(16)11-13/h6-8,11-12,15,17H,5,9-10H2,1-4H3. The van der Waals surface area contributed by atoms with Gasteiger partial charge in [-0.05, 0) is 51.6 Å². The largest absolute Gasteiger partial charge is 0.313 e. The first-order valence-corrected chi connectivity index (χ1v) is 6.75. The lowest BCUT2D eigenvalue weighted by molar-refractivity contribution is 0.221. The summed E-state index contributed by atoms with van der Waals surface area (Å²) in [5.74, 6) is -0.163. The number of rotatable bonds is 7. The van der Waals surface area contributed by atoms with Gasteiger partial charge in [0.15, 0.2) is 0 Å². The summed E-state index contributed by atoms with van der Waals surface area (Å²) < 4.78 is 13.2. The maximum Gasteiger partial charge on any atom is 0.123 e. The molecule has 2 nitrogen and oxygen atoms in total. The minimum absolute atomic E-state index is 0.163. The van der Waals surface area contributed by atoms with Crippen molar-refractivity contribution in [2.75, 3.05) is 20.1 Å². The normalized spacial score (nSPS) is 13.3. The molecule has 1 atom stereocenters. The van der Waals surface area contributed by atoms with Gasteiger partial charge in [0.25, 0.3) is 0 Å². The molecule has 1 unspecified atom stereocenters. The van der Waals surface area contributed by atoms with Crippen LogP contribution in [0, 0.1) is 5.82 Å². The van der Waals surface area contributed by atoms with E-state index in [9.17, 15) is 4.39 Å². The van der Waals surface area contributed by atoms with E-state index in [0.717, 1.165) is 25.1 Å². The Labute approximate surface area is 110 Å². The molecular formula is C15H25FN2. The van der Waals surface area contributed by atoms with Crippen molar-refractivity contribution >= 4 is 0 Å². The van der Waals surface area contributed by atoms with Crippen molar-refractivity contribution in [3.8, 4) is 0 Å². The van der Waals surface area contributed by atoms with Gasteiger partial charge in [-0.1, -0.05) is 19.1 Å². The monoisotopic (exact) mass is 252 g/mol. The predicted octanol–water partition coefficient (Wildman–Crippen LogP) is 3.21. The van der Waals surface area contributed by atoms with E-state index in [1.807, 2.05) is 13.1 Å². The van der Waals surface area contributed by atoms with Gasteiger partial charge in [0, 0.05) is 18.6 Å². The number of hydrogen-bond donors (Lipinski definition) is 1. The van der Waals surface area contributed by atoms with Crippen LogP contribution >= 0.6 is 0 Å². The van der Waals surface area contributed by atoms with Crippen LogP contribution in [0.3, 0.4) is 0 Å². The zero-order chi connectivity index (χ0) is 13.5. The number of hydrogen-bond acceptors (Lipinski definition) is 2. The molecule has 1 aromatic rings. The first kappa shape index (κ1) is 15.1. The molecule has 0 bridgehead atoms. The quantitative estimate of drug-likeness (QED) is 0.801. The average molecular weight is 252 g/mol. The Hall–Kier alpha value is -0.930. The van der Waals surface area contributed by atoms with E-state index < -0.39 is 0 Å². The predicted molar refractivity (Wildman–Crippen MR) is 75.2 cm³/mol. The number of nitrogens with zero attached hydrogens (tertiary/aromatic N) is 1. The SMILES string of the molecule is CCN(CCC(NC)c1cccc(F)c1)C(C)C. The molecule has 0 aromatic heterocycles. The highest BCUT2D eigenvalue weighted by Crippen LogP contribution is 2.18. The average Bonchev–Trinajstić information content (AvgIpc) is 2.34. The van der Waals surface area contributed by atoms with E-state index >= 15 is 0 Å². The van der Waals surface area contributed by atoms with Crippen molar-refractivity contribution in [2.24, 2.45) is 0 Å². The summed E-state index contributed by atoms with van der Waals surface area (Å²) in [6.07, 6.45) is 0.992. The second-order valence-corrected chi connectivity index (χ2v) is 4.91. The fraction of sp³-hybridized carbons (Fsp3) is 0.600. The molecule has 1 aromatic carbocycles. The maximum absolute atomic E-state index is 13.2. The van der Waals surface area contributed by atoms with Crippen molar-refractivity contribution < 1.29 is 4.39 Å². The van der Waals surface area contributed by atoms with Crippen LogP contribution in [-0.2, 0) is 0 Å². The first-order chi connectivity index (χ1) is 8.58. The third-order valence-electron chi connectivity index (χ3n) is 3.44. The molecule has 18 heavy (non-hydrogen) atoms. The topological polar surface area (TPSA) is 15.3 Å². The van der Waals surface area contributed by atoms with E-state index in [1.54, 1.807) is 12.1 Å². The van der Waals surface area contributed by atoms with Crippen LogP contribution in [0.4, 0.5) is 4.39 Å². The smallest absolute Gasteiger partial charge is 0.123 e.